The number of carbonyl (C=O) groups is 2. The predicted octanol–water partition coefficient (Wildman–Crippen LogP) is 6.02. The molecule has 1 fully saturated rings. The molecule has 33 heavy (non-hydrogen) atoms. The first-order chi connectivity index (χ1) is 16.0. The molecular formula is C24H22Cl2N2O3S2. The zero-order chi connectivity index (χ0) is 23.2. The monoisotopic (exact) mass is 520 g/mol. The Labute approximate surface area is 211 Å². The molecule has 1 atom stereocenters. The van der Waals surface area contributed by atoms with Gasteiger partial charge in [-0.25, -0.2) is 0 Å². The summed E-state index contributed by atoms with van der Waals surface area (Å²) in [7, 11) is 0. The minimum atomic E-state index is -0.112. The van der Waals surface area contributed by atoms with Gasteiger partial charge in [0.15, 0.2) is 0 Å². The van der Waals surface area contributed by atoms with Crippen LogP contribution >= 0.6 is 46.7 Å². The van der Waals surface area contributed by atoms with Gasteiger partial charge in [0, 0.05) is 23.6 Å². The van der Waals surface area contributed by atoms with E-state index in [0.717, 1.165) is 28.4 Å². The van der Waals surface area contributed by atoms with E-state index in [4.69, 9.17) is 27.6 Å². The Hall–Kier alpha value is -2.06. The molecule has 0 spiro atoms. The van der Waals surface area contributed by atoms with Crippen molar-refractivity contribution in [3.05, 3.63) is 93.4 Å². The third-order valence-corrected chi connectivity index (χ3v) is 8.14. The molecule has 1 aliphatic heterocycles. The molecule has 2 amide bonds. The second kappa shape index (κ2) is 11.4. The molecule has 4 rings (SSSR count). The van der Waals surface area contributed by atoms with E-state index in [1.807, 2.05) is 53.4 Å². The van der Waals surface area contributed by atoms with Crippen molar-refractivity contribution in [1.82, 2.24) is 10.2 Å². The van der Waals surface area contributed by atoms with Crippen molar-refractivity contribution in [2.45, 2.75) is 17.7 Å². The highest BCUT2D eigenvalue weighted by Crippen LogP contribution is 2.39. The van der Waals surface area contributed by atoms with E-state index in [9.17, 15) is 9.59 Å². The maximum Gasteiger partial charge on any atom is 0.251 e. The number of nitrogens with zero attached hydrogens (tertiary/aromatic N) is 1. The van der Waals surface area contributed by atoms with Gasteiger partial charge in [0.1, 0.15) is 11.1 Å². The standard InChI is InChI=1S/C24H22Cl2N2O3S2/c25-20-8-3-16(12-21(20)26)14-32-11-9-27-23(30)17-4-6-18(7-5-17)24-28(22(29)15-33-24)13-19-2-1-10-31-19/h1-8,10,12,24H,9,11,13-15H2,(H,27,30)/t24-/m1/s1. The number of nitrogens with one attached hydrogen (secondary N) is 1. The van der Waals surface area contributed by atoms with Gasteiger partial charge in [0.25, 0.3) is 5.91 Å². The maximum atomic E-state index is 12.5. The zero-order valence-corrected chi connectivity index (χ0v) is 20.8. The Balaban J connectivity index is 1.25. The number of thioether (sulfide) groups is 2. The van der Waals surface area contributed by atoms with Gasteiger partial charge in [0.05, 0.1) is 28.6 Å². The Morgan fingerprint density at radius 2 is 1.97 bits per heavy atom. The highest BCUT2D eigenvalue weighted by atomic mass is 35.5. The van der Waals surface area contributed by atoms with Crippen LogP contribution in [0.3, 0.4) is 0 Å². The van der Waals surface area contributed by atoms with E-state index in [1.165, 1.54) is 0 Å². The number of furan rings is 1. The Morgan fingerprint density at radius 1 is 1.15 bits per heavy atom. The lowest BCUT2D eigenvalue weighted by Gasteiger charge is -2.23. The molecule has 1 aliphatic rings. The van der Waals surface area contributed by atoms with Crippen LogP contribution in [0.5, 0.6) is 0 Å². The second-order valence-electron chi connectivity index (χ2n) is 7.44. The van der Waals surface area contributed by atoms with Crippen LogP contribution < -0.4 is 5.32 Å². The van der Waals surface area contributed by atoms with E-state index in [2.05, 4.69) is 5.32 Å². The molecule has 2 heterocycles. The first-order valence-electron chi connectivity index (χ1n) is 10.3. The van der Waals surface area contributed by atoms with Crippen LogP contribution in [0.15, 0.2) is 65.3 Å². The Morgan fingerprint density at radius 3 is 2.70 bits per heavy atom. The molecule has 0 radical (unpaired) electrons. The van der Waals surface area contributed by atoms with Gasteiger partial charge in [-0.15, -0.1) is 11.8 Å². The summed E-state index contributed by atoms with van der Waals surface area (Å²) in [5, 5.41) is 3.97. The lowest BCUT2D eigenvalue weighted by Crippen LogP contribution is -2.28. The summed E-state index contributed by atoms with van der Waals surface area (Å²) < 4.78 is 5.40. The van der Waals surface area contributed by atoms with E-state index >= 15 is 0 Å². The normalized spacial score (nSPS) is 15.8. The van der Waals surface area contributed by atoms with Gasteiger partial charge >= 0.3 is 0 Å². The SMILES string of the molecule is O=C(NCCSCc1ccc(Cl)c(Cl)c1)c1ccc([C@H]2SCC(=O)N2Cc2ccco2)cc1. The molecule has 1 N–H and O–H groups in total. The fraction of sp³-hybridized carbons (Fsp3) is 0.250. The minimum Gasteiger partial charge on any atom is -0.467 e. The third kappa shape index (κ3) is 6.29. The van der Waals surface area contributed by atoms with Gasteiger partial charge in [-0.3, -0.25) is 9.59 Å². The van der Waals surface area contributed by atoms with Crippen LogP contribution in [0.2, 0.25) is 10.0 Å². The minimum absolute atomic E-state index is 0.0848. The molecule has 0 unspecified atom stereocenters. The number of amides is 2. The van der Waals surface area contributed by atoms with Gasteiger partial charge in [-0.05, 0) is 47.5 Å². The molecule has 172 valence electrons. The van der Waals surface area contributed by atoms with Gasteiger partial charge < -0.3 is 14.6 Å². The Bertz CT molecular complexity index is 1110. The number of hydrogen-bond donors (Lipinski definition) is 1. The maximum absolute atomic E-state index is 12.5. The molecule has 1 saturated heterocycles. The number of carbonyl (C=O) groups excluding carboxylic acids is 2. The lowest BCUT2D eigenvalue weighted by molar-refractivity contribution is -0.128. The fourth-order valence-corrected chi connectivity index (χ4v) is 5.74. The molecular weight excluding hydrogens is 499 g/mol. The Kier molecular flexibility index (Phi) is 8.30. The number of benzene rings is 2. The first kappa shape index (κ1) is 24.1. The van der Waals surface area contributed by atoms with Gasteiger partial charge in [0.2, 0.25) is 5.91 Å². The second-order valence-corrected chi connectivity index (χ2v) is 10.4. The van der Waals surface area contributed by atoms with Crippen LogP contribution in [0.25, 0.3) is 0 Å². The quantitative estimate of drug-likeness (QED) is 0.349. The topological polar surface area (TPSA) is 62.6 Å². The predicted molar refractivity (Wildman–Crippen MR) is 136 cm³/mol. The van der Waals surface area contributed by atoms with E-state index in [0.29, 0.717) is 34.5 Å². The third-order valence-electron chi connectivity index (χ3n) is 5.12. The number of halogens is 2. The smallest absolute Gasteiger partial charge is 0.251 e. The average Bonchev–Trinajstić information content (AvgIpc) is 3.46. The van der Waals surface area contributed by atoms with Crippen molar-refractivity contribution in [2.75, 3.05) is 18.1 Å². The fourth-order valence-electron chi connectivity index (χ4n) is 3.43. The molecule has 1 aromatic heterocycles. The molecule has 9 heteroatoms. The van der Waals surface area contributed by atoms with Crippen molar-refractivity contribution in [2.24, 2.45) is 0 Å². The summed E-state index contributed by atoms with van der Waals surface area (Å²) >= 11 is 15.3. The summed E-state index contributed by atoms with van der Waals surface area (Å²) in [5.74, 6) is 2.75. The van der Waals surface area contributed by atoms with E-state index in [1.54, 1.807) is 35.9 Å². The molecule has 5 nitrogen and oxygen atoms in total. The largest absolute Gasteiger partial charge is 0.467 e. The first-order valence-corrected chi connectivity index (χ1v) is 13.3. The van der Waals surface area contributed by atoms with Crippen LogP contribution in [0, 0.1) is 0 Å². The van der Waals surface area contributed by atoms with Gasteiger partial charge in [-0.1, -0.05) is 41.4 Å². The summed E-state index contributed by atoms with van der Waals surface area (Å²) in [6.07, 6.45) is 1.61. The van der Waals surface area contributed by atoms with Crippen molar-refractivity contribution in [3.63, 3.8) is 0 Å². The van der Waals surface area contributed by atoms with E-state index < -0.39 is 0 Å². The van der Waals surface area contributed by atoms with Crippen LogP contribution in [-0.4, -0.2) is 34.8 Å². The summed E-state index contributed by atoms with van der Waals surface area (Å²) in [6, 6.07) is 16.7. The summed E-state index contributed by atoms with van der Waals surface area (Å²) in [6.45, 7) is 1.00. The van der Waals surface area contributed by atoms with Crippen molar-refractivity contribution in [1.29, 1.82) is 0 Å². The zero-order valence-electron chi connectivity index (χ0n) is 17.6. The molecule has 3 aromatic rings. The van der Waals surface area contributed by atoms with Crippen LogP contribution in [0.4, 0.5) is 0 Å². The van der Waals surface area contributed by atoms with Crippen molar-refractivity contribution in [3.8, 4) is 0 Å². The molecule has 2 aromatic carbocycles. The highest BCUT2D eigenvalue weighted by molar-refractivity contribution is 8.00. The van der Waals surface area contributed by atoms with Crippen molar-refractivity contribution >= 4 is 58.5 Å². The molecule has 0 bridgehead atoms. The summed E-state index contributed by atoms with van der Waals surface area (Å²) in [5.41, 5.74) is 2.69. The van der Waals surface area contributed by atoms with Gasteiger partial charge in [-0.2, -0.15) is 11.8 Å². The summed E-state index contributed by atoms with van der Waals surface area (Å²) in [4.78, 5) is 26.6. The molecule has 0 aliphatic carbocycles. The number of hydrogen-bond acceptors (Lipinski definition) is 5. The average molecular weight is 521 g/mol. The highest BCUT2D eigenvalue weighted by Gasteiger charge is 2.33. The van der Waals surface area contributed by atoms with Crippen LogP contribution in [-0.2, 0) is 17.1 Å². The van der Waals surface area contributed by atoms with Crippen molar-refractivity contribution < 1.29 is 14.0 Å². The van der Waals surface area contributed by atoms with E-state index in [-0.39, 0.29) is 17.2 Å². The van der Waals surface area contributed by atoms with Crippen LogP contribution in [0.1, 0.15) is 32.6 Å². The lowest BCUT2D eigenvalue weighted by atomic mass is 10.1. The number of rotatable bonds is 9. The molecule has 0 saturated carbocycles.